The van der Waals surface area contributed by atoms with E-state index in [0.29, 0.717) is 35.4 Å². The number of nitrogens with one attached hydrogen (secondary N) is 1. The second-order valence-electron chi connectivity index (χ2n) is 10.4. The molecule has 216 valence electrons. The molecule has 4 heterocycles. The molecular formula is C28H24ClF3N8O2. The van der Waals surface area contributed by atoms with Crippen LogP contribution in [0.15, 0.2) is 36.9 Å². The maximum atomic E-state index is 14.8. The fraction of sp³-hybridized carbons (Fsp3) is 0.321. The third kappa shape index (κ3) is 4.87. The van der Waals surface area contributed by atoms with Crippen LogP contribution in [0.25, 0.3) is 11.3 Å². The number of hydrogen-bond donors (Lipinski definition) is 1. The summed E-state index contributed by atoms with van der Waals surface area (Å²) in [5.74, 6) is -0.572. The van der Waals surface area contributed by atoms with Gasteiger partial charge in [-0.25, -0.2) is 23.1 Å². The Morgan fingerprint density at radius 1 is 1.12 bits per heavy atom. The van der Waals surface area contributed by atoms with Crippen LogP contribution >= 0.6 is 11.6 Å². The molecule has 3 aromatic heterocycles. The molecule has 0 bridgehead atoms. The van der Waals surface area contributed by atoms with E-state index in [1.54, 1.807) is 22.0 Å². The number of aryl methyl sites for hydroxylation is 2. The van der Waals surface area contributed by atoms with E-state index >= 15 is 0 Å². The van der Waals surface area contributed by atoms with Crippen LogP contribution in [0.2, 0.25) is 5.02 Å². The number of alkyl halides is 2. The molecule has 4 aromatic rings. The number of nitrogens with zero attached hydrogens (tertiary/aromatic N) is 7. The highest BCUT2D eigenvalue weighted by Gasteiger charge is 2.53. The minimum atomic E-state index is -3.00. The third-order valence-corrected chi connectivity index (χ3v) is 7.88. The predicted octanol–water partition coefficient (Wildman–Crippen LogP) is 5.32. The van der Waals surface area contributed by atoms with E-state index in [0.717, 1.165) is 24.8 Å². The number of rotatable bonds is 7. The molecule has 1 aliphatic carbocycles. The number of carbonyl (C=O) groups excluding carboxylic acids is 2. The van der Waals surface area contributed by atoms with E-state index in [2.05, 4.69) is 30.4 Å². The van der Waals surface area contributed by atoms with E-state index in [1.165, 1.54) is 13.1 Å². The second kappa shape index (κ2) is 10.5. The fourth-order valence-electron chi connectivity index (χ4n) is 5.16. The summed E-state index contributed by atoms with van der Waals surface area (Å²) >= 11 is 5.83. The van der Waals surface area contributed by atoms with Gasteiger partial charge in [-0.15, -0.1) is 0 Å². The summed E-state index contributed by atoms with van der Waals surface area (Å²) in [6.45, 7) is 5.85. The molecule has 10 nitrogen and oxygen atoms in total. The lowest BCUT2D eigenvalue weighted by Crippen LogP contribution is -2.30. The van der Waals surface area contributed by atoms with E-state index in [9.17, 15) is 22.8 Å². The zero-order chi connectivity index (χ0) is 29.9. The fourth-order valence-corrected chi connectivity index (χ4v) is 5.32. The highest BCUT2D eigenvalue weighted by Crippen LogP contribution is 2.47. The van der Waals surface area contributed by atoms with Crippen LogP contribution in [0.1, 0.15) is 58.9 Å². The van der Waals surface area contributed by atoms with Crippen LogP contribution in [0.3, 0.4) is 0 Å². The Labute approximate surface area is 243 Å². The standard InChI is InChI=1S/C28H24ClF3N8O2/c1-12-24(38-21(9-33-12)22-17(25(31)32)4-5-19(29)23(22)30)27(41)37-16-7-35-40(11-16)14(3)20-8-34-26(13(2)36-20)39-10-15-6-18(15)28(39)42/h4-5,7-9,11,14-15,18,25H,6,10H2,1-3H3,(H,37,41)/t14?,15-,18-/m1/s1. The average molecular weight is 597 g/mol. The van der Waals surface area contributed by atoms with E-state index < -0.39 is 29.3 Å². The van der Waals surface area contributed by atoms with Crippen LogP contribution in [-0.4, -0.2) is 48.1 Å². The maximum absolute atomic E-state index is 14.8. The number of fused-ring (bicyclic) bond motifs is 1. The van der Waals surface area contributed by atoms with Gasteiger partial charge in [0, 0.05) is 29.8 Å². The Hall–Kier alpha value is -4.39. The molecule has 14 heteroatoms. The summed E-state index contributed by atoms with van der Waals surface area (Å²) in [5.41, 5.74) is 0.202. The number of hydrogen-bond acceptors (Lipinski definition) is 7. The largest absolute Gasteiger partial charge is 0.318 e. The number of amides is 2. The topological polar surface area (TPSA) is 119 Å². The van der Waals surface area contributed by atoms with Crippen molar-refractivity contribution in [2.24, 2.45) is 11.8 Å². The van der Waals surface area contributed by atoms with Gasteiger partial charge in [0.25, 0.3) is 12.3 Å². The molecule has 6 rings (SSSR count). The SMILES string of the molecule is Cc1ncc(-c2c(C(F)F)ccc(Cl)c2F)nc1C(=O)Nc1cnn(C(C)c2cnc(N3C[C@H]4C[C@H]4C3=O)c(C)n2)c1. The Morgan fingerprint density at radius 2 is 1.90 bits per heavy atom. The lowest BCUT2D eigenvalue weighted by Gasteiger charge is -2.20. The molecule has 42 heavy (non-hydrogen) atoms. The molecule has 2 aliphatic rings. The van der Waals surface area contributed by atoms with Gasteiger partial charge in [-0.05, 0) is 39.2 Å². The summed E-state index contributed by atoms with van der Waals surface area (Å²) in [7, 11) is 0. The Morgan fingerprint density at radius 3 is 2.60 bits per heavy atom. The van der Waals surface area contributed by atoms with Gasteiger partial charge in [0.15, 0.2) is 11.6 Å². The molecule has 1 unspecified atom stereocenters. The third-order valence-electron chi connectivity index (χ3n) is 7.59. The monoisotopic (exact) mass is 596 g/mol. The van der Waals surface area contributed by atoms with Crippen molar-refractivity contribution in [2.75, 3.05) is 16.8 Å². The minimum absolute atomic E-state index is 0.100. The summed E-state index contributed by atoms with van der Waals surface area (Å²) in [6.07, 6.45) is 3.69. The summed E-state index contributed by atoms with van der Waals surface area (Å²) in [4.78, 5) is 44.7. The number of piperidine rings is 1. The average Bonchev–Trinajstić information content (AvgIpc) is 3.46. The summed E-state index contributed by atoms with van der Waals surface area (Å²) in [6, 6.07) is 1.69. The van der Waals surface area contributed by atoms with Crippen molar-refractivity contribution in [1.29, 1.82) is 0 Å². The molecule has 2 fully saturated rings. The zero-order valence-electron chi connectivity index (χ0n) is 22.6. The highest BCUT2D eigenvalue weighted by molar-refractivity contribution is 6.31. The molecule has 0 radical (unpaired) electrons. The van der Waals surface area contributed by atoms with Crippen LogP contribution in [0.4, 0.5) is 24.7 Å². The summed E-state index contributed by atoms with van der Waals surface area (Å²) < 4.78 is 43.6. The zero-order valence-corrected chi connectivity index (χ0v) is 23.4. The van der Waals surface area contributed by atoms with Crippen LogP contribution in [-0.2, 0) is 4.79 Å². The van der Waals surface area contributed by atoms with Crippen molar-refractivity contribution in [3.05, 3.63) is 76.1 Å². The van der Waals surface area contributed by atoms with Gasteiger partial charge in [-0.3, -0.25) is 29.1 Å². The first-order valence-electron chi connectivity index (χ1n) is 13.1. The number of benzene rings is 1. The molecule has 1 aliphatic heterocycles. The lowest BCUT2D eigenvalue weighted by atomic mass is 10.0. The van der Waals surface area contributed by atoms with Crippen molar-refractivity contribution < 1.29 is 22.8 Å². The first kappa shape index (κ1) is 27.8. The Balaban J connectivity index is 1.20. The Bertz CT molecular complexity index is 1750. The quantitative estimate of drug-likeness (QED) is 0.307. The highest BCUT2D eigenvalue weighted by atomic mass is 35.5. The molecule has 1 saturated carbocycles. The van der Waals surface area contributed by atoms with Crippen molar-refractivity contribution in [3.8, 4) is 11.3 Å². The second-order valence-corrected chi connectivity index (χ2v) is 10.8. The van der Waals surface area contributed by atoms with E-state index in [-0.39, 0.29) is 40.0 Å². The molecule has 2 amide bonds. The normalized spacial score (nSPS) is 18.4. The number of anilines is 2. The molecule has 1 aromatic carbocycles. The first-order chi connectivity index (χ1) is 20.0. The minimum Gasteiger partial charge on any atom is -0.318 e. The van der Waals surface area contributed by atoms with Crippen LogP contribution in [0.5, 0.6) is 0 Å². The molecule has 3 atom stereocenters. The number of aromatic nitrogens is 6. The van der Waals surface area contributed by atoms with Gasteiger partial charge in [-0.1, -0.05) is 17.7 Å². The predicted molar refractivity (Wildman–Crippen MR) is 147 cm³/mol. The van der Waals surface area contributed by atoms with Gasteiger partial charge >= 0.3 is 0 Å². The number of carbonyl (C=O) groups is 2. The maximum Gasteiger partial charge on any atom is 0.276 e. The van der Waals surface area contributed by atoms with Gasteiger partial charge in [0.1, 0.15) is 5.69 Å². The smallest absolute Gasteiger partial charge is 0.276 e. The van der Waals surface area contributed by atoms with E-state index in [1.807, 2.05) is 13.8 Å². The van der Waals surface area contributed by atoms with Crippen LogP contribution < -0.4 is 10.2 Å². The molecular weight excluding hydrogens is 573 g/mol. The van der Waals surface area contributed by atoms with E-state index in [4.69, 9.17) is 11.6 Å². The molecule has 1 N–H and O–H groups in total. The van der Waals surface area contributed by atoms with Gasteiger partial charge in [0.2, 0.25) is 5.91 Å². The lowest BCUT2D eigenvalue weighted by molar-refractivity contribution is -0.118. The molecule has 0 spiro atoms. The van der Waals surface area contributed by atoms with Crippen molar-refractivity contribution in [3.63, 3.8) is 0 Å². The molecule has 1 saturated heterocycles. The number of halogens is 4. The van der Waals surface area contributed by atoms with Crippen molar-refractivity contribution in [1.82, 2.24) is 29.7 Å². The van der Waals surface area contributed by atoms with Crippen LogP contribution in [0, 0.1) is 31.5 Å². The first-order valence-corrected chi connectivity index (χ1v) is 13.5. The van der Waals surface area contributed by atoms with Gasteiger partial charge < -0.3 is 5.32 Å². The van der Waals surface area contributed by atoms with Crippen molar-refractivity contribution >= 4 is 34.9 Å². The Kier molecular flexibility index (Phi) is 6.92. The van der Waals surface area contributed by atoms with Crippen molar-refractivity contribution in [2.45, 2.75) is 39.7 Å². The van der Waals surface area contributed by atoms with Gasteiger partial charge in [0.05, 0.1) is 58.1 Å². The van der Waals surface area contributed by atoms with Gasteiger partial charge in [-0.2, -0.15) is 5.10 Å². The summed E-state index contributed by atoms with van der Waals surface area (Å²) in [5, 5.41) is 6.63.